The normalized spacial score (nSPS) is 19.6. The zero-order chi connectivity index (χ0) is 14.4. The highest BCUT2D eigenvalue weighted by atomic mass is 16.3. The van der Waals surface area contributed by atoms with Crippen molar-refractivity contribution in [3.8, 4) is 0 Å². The SMILES string of the molecule is O=C(NCCC(=O)N(CCO)C1CC1)C1CCCCC1. The van der Waals surface area contributed by atoms with E-state index >= 15 is 0 Å². The summed E-state index contributed by atoms with van der Waals surface area (Å²) >= 11 is 0. The van der Waals surface area contributed by atoms with Crippen LogP contribution in [0.1, 0.15) is 51.4 Å². The van der Waals surface area contributed by atoms with Gasteiger partial charge in [-0.25, -0.2) is 0 Å². The van der Waals surface area contributed by atoms with Crippen LogP contribution >= 0.6 is 0 Å². The van der Waals surface area contributed by atoms with Crippen LogP contribution in [-0.4, -0.2) is 47.6 Å². The molecule has 2 aliphatic rings. The summed E-state index contributed by atoms with van der Waals surface area (Å²) in [5.41, 5.74) is 0. The number of carbonyl (C=O) groups excluding carboxylic acids is 2. The molecule has 0 radical (unpaired) electrons. The third kappa shape index (κ3) is 4.47. The molecule has 5 heteroatoms. The molecule has 2 amide bonds. The number of rotatable bonds is 7. The lowest BCUT2D eigenvalue weighted by molar-refractivity contribution is -0.132. The maximum absolute atomic E-state index is 12.0. The van der Waals surface area contributed by atoms with Gasteiger partial charge in [0, 0.05) is 31.5 Å². The van der Waals surface area contributed by atoms with Crippen LogP contribution in [0.2, 0.25) is 0 Å². The van der Waals surface area contributed by atoms with E-state index in [0.29, 0.717) is 25.6 Å². The van der Waals surface area contributed by atoms with Gasteiger partial charge >= 0.3 is 0 Å². The smallest absolute Gasteiger partial charge is 0.224 e. The van der Waals surface area contributed by atoms with Crippen molar-refractivity contribution in [3.05, 3.63) is 0 Å². The van der Waals surface area contributed by atoms with Gasteiger partial charge in [-0.15, -0.1) is 0 Å². The van der Waals surface area contributed by atoms with E-state index in [1.807, 2.05) is 0 Å². The minimum Gasteiger partial charge on any atom is -0.395 e. The minimum absolute atomic E-state index is 0.0106. The largest absolute Gasteiger partial charge is 0.395 e. The fourth-order valence-electron chi connectivity index (χ4n) is 2.95. The monoisotopic (exact) mass is 282 g/mol. The van der Waals surface area contributed by atoms with Crippen LogP contribution in [-0.2, 0) is 9.59 Å². The summed E-state index contributed by atoms with van der Waals surface area (Å²) in [7, 11) is 0. The van der Waals surface area contributed by atoms with Gasteiger partial charge in [-0.3, -0.25) is 9.59 Å². The van der Waals surface area contributed by atoms with Crippen LogP contribution in [0.3, 0.4) is 0 Å². The average molecular weight is 282 g/mol. The molecule has 2 aliphatic carbocycles. The topological polar surface area (TPSA) is 69.6 Å². The highest BCUT2D eigenvalue weighted by molar-refractivity contribution is 5.80. The number of hydrogen-bond acceptors (Lipinski definition) is 3. The molecular formula is C15H26N2O3. The summed E-state index contributed by atoms with van der Waals surface area (Å²) in [6, 6.07) is 0.323. The lowest BCUT2D eigenvalue weighted by Crippen LogP contribution is -2.39. The molecule has 2 fully saturated rings. The van der Waals surface area contributed by atoms with Crippen molar-refractivity contribution in [2.45, 2.75) is 57.4 Å². The number of aliphatic hydroxyl groups excluding tert-OH is 1. The zero-order valence-electron chi connectivity index (χ0n) is 12.1. The molecule has 0 aromatic rings. The quantitative estimate of drug-likeness (QED) is 0.733. The molecule has 0 aromatic heterocycles. The molecule has 114 valence electrons. The van der Waals surface area contributed by atoms with E-state index in [2.05, 4.69) is 5.32 Å². The molecule has 0 unspecified atom stereocenters. The van der Waals surface area contributed by atoms with E-state index < -0.39 is 0 Å². The Labute approximate surface area is 120 Å². The first-order valence-electron chi connectivity index (χ1n) is 7.90. The van der Waals surface area contributed by atoms with Gasteiger partial charge in [0.05, 0.1) is 6.61 Å². The van der Waals surface area contributed by atoms with Crippen molar-refractivity contribution in [1.82, 2.24) is 10.2 Å². The Bertz CT molecular complexity index is 336. The Hall–Kier alpha value is -1.10. The van der Waals surface area contributed by atoms with Crippen molar-refractivity contribution in [3.63, 3.8) is 0 Å². The van der Waals surface area contributed by atoms with Gasteiger partial charge in [-0.05, 0) is 25.7 Å². The molecule has 20 heavy (non-hydrogen) atoms. The predicted molar refractivity (Wildman–Crippen MR) is 76.0 cm³/mol. The van der Waals surface area contributed by atoms with E-state index in [1.54, 1.807) is 4.90 Å². The molecule has 0 bridgehead atoms. The van der Waals surface area contributed by atoms with Gasteiger partial charge in [0.15, 0.2) is 0 Å². The lowest BCUT2D eigenvalue weighted by atomic mass is 9.89. The zero-order valence-corrected chi connectivity index (χ0v) is 12.1. The first kappa shape index (κ1) is 15.3. The summed E-state index contributed by atoms with van der Waals surface area (Å²) < 4.78 is 0. The second-order valence-corrected chi connectivity index (χ2v) is 5.92. The average Bonchev–Trinajstić information content (AvgIpc) is 3.30. The minimum atomic E-state index is 0.0106. The number of amides is 2. The van der Waals surface area contributed by atoms with E-state index in [4.69, 9.17) is 5.11 Å². The molecule has 5 nitrogen and oxygen atoms in total. The van der Waals surface area contributed by atoms with Crippen LogP contribution in [0.4, 0.5) is 0 Å². The number of aliphatic hydroxyl groups is 1. The first-order chi connectivity index (χ1) is 9.72. The number of nitrogens with zero attached hydrogens (tertiary/aromatic N) is 1. The van der Waals surface area contributed by atoms with Gasteiger partial charge in [0.2, 0.25) is 11.8 Å². The van der Waals surface area contributed by atoms with Crippen LogP contribution in [0.15, 0.2) is 0 Å². The molecule has 2 rings (SSSR count). The van der Waals surface area contributed by atoms with E-state index in [-0.39, 0.29) is 24.3 Å². The molecule has 0 saturated heterocycles. The Morgan fingerprint density at radius 2 is 1.80 bits per heavy atom. The van der Waals surface area contributed by atoms with Crippen molar-refractivity contribution >= 4 is 11.8 Å². The standard InChI is InChI=1S/C15H26N2O3/c18-11-10-17(13-6-7-13)14(19)8-9-16-15(20)12-4-2-1-3-5-12/h12-13,18H,1-11H2,(H,16,20). The van der Waals surface area contributed by atoms with Crippen molar-refractivity contribution in [2.24, 2.45) is 5.92 Å². The summed E-state index contributed by atoms with van der Waals surface area (Å²) in [6.07, 6.45) is 7.91. The van der Waals surface area contributed by atoms with Gasteiger partial charge < -0.3 is 15.3 Å². The Morgan fingerprint density at radius 1 is 1.10 bits per heavy atom. The molecule has 2 N–H and O–H groups in total. The number of carbonyl (C=O) groups is 2. The fourth-order valence-corrected chi connectivity index (χ4v) is 2.95. The molecule has 0 aliphatic heterocycles. The molecule has 0 heterocycles. The Balaban J connectivity index is 1.66. The van der Waals surface area contributed by atoms with Crippen LogP contribution in [0.25, 0.3) is 0 Å². The molecule has 0 spiro atoms. The number of hydrogen-bond donors (Lipinski definition) is 2. The Kier molecular flexibility index (Phi) is 5.83. The first-order valence-corrected chi connectivity index (χ1v) is 7.90. The second kappa shape index (κ2) is 7.62. The van der Waals surface area contributed by atoms with Crippen LogP contribution in [0.5, 0.6) is 0 Å². The second-order valence-electron chi connectivity index (χ2n) is 5.92. The molecule has 0 aromatic carbocycles. The highest BCUT2D eigenvalue weighted by Crippen LogP contribution is 2.27. The maximum Gasteiger partial charge on any atom is 0.224 e. The summed E-state index contributed by atoms with van der Waals surface area (Å²) in [6.45, 7) is 0.847. The molecular weight excluding hydrogens is 256 g/mol. The van der Waals surface area contributed by atoms with E-state index in [9.17, 15) is 9.59 Å². The summed E-state index contributed by atoms with van der Waals surface area (Å²) in [4.78, 5) is 25.7. The predicted octanol–water partition coefficient (Wildman–Crippen LogP) is 1.06. The summed E-state index contributed by atoms with van der Waals surface area (Å²) in [5.74, 6) is 0.305. The van der Waals surface area contributed by atoms with Crippen molar-refractivity contribution in [2.75, 3.05) is 19.7 Å². The highest BCUT2D eigenvalue weighted by Gasteiger charge is 2.31. The van der Waals surface area contributed by atoms with Gasteiger partial charge in [0.1, 0.15) is 0 Å². The van der Waals surface area contributed by atoms with Crippen LogP contribution < -0.4 is 5.32 Å². The van der Waals surface area contributed by atoms with Gasteiger partial charge in [0.25, 0.3) is 0 Å². The van der Waals surface area contributed by atoms with Gasteiger partial charge in [-0.2, -0.15) is 0 Å². The maximum atomic E-state index is 12.0. The van der Waals surface area contributed by atoms with Gasteiger partial charge in [-0.1, -0.05) is 19.3 Å². The van der Waals surface area contributed by atoms with Crippen molar-refractivity contribution in [1.29, 1.82) is 0 Å². The van der Waals surface area contributed by atoms with E-state index in [1.165, 1.54) is 6.42 Å². The summed E-state index contributed by atoms with van der Waals surface area (Å²) in [5, 5.41) is 11.9. The molecule has 0 atom stereocenters. The fraction of sp³-hybridized carbons (Fsp3) is 0.867. The number of nitrogens with one attached hydrogen (secondary N) is 1. The third-order valence-electron chi connectivity index (χ3n) is 4.26. The van der Waals surface area contributed by atoms with Crippen LogP contribution in [0, 0.1) is 5.92 Å². The Morgan fingerprint density at radius 3 is 2.40 bits per heavy atom. The molecule has 2 saturated carbocycles. The van der Waals surface area contributed by atoms with Crippen molar-refractivity contribution < 1.29 is 14.7 Å². The third-order valence-corrected chi connectivity index (χ3v) is 4.26. The van der Waals surface area contributed by atoms with E-state index in [0.717, 1.165) is 38.5 Å². The lowest BCUT2D eigenvalue weighted by Gasteiger charge is -2.23.